The van der Waals surface area contributed by atoms with E-state index in [1.165, 1.54) is 11.3 Å². The van der Waals surface area contributed by atoms with Crippen LogP contribution in [0.2, 0.25) is 0 Å². The van der Waals surface area contributed by atoms with Crippen LogP contribution in [0.1, 0.15) is 15.9 Å². The van der Waals surface area contributed by atoms with Gasteiger partial charge in [-0.05, 0) is 15.9 Å². The van der Waals surface area contributed by atoms with Gasteiger partial charge in [-0.25, -0.2) is 4.52 Å². The van der Waals surface area contributed by atoms with E-state index < -0.39 is 0 Å². The molecule has 84 valence electrons. The zero-order valence-corrected chi connectivity index (χ0v) is 10.9. The van der Waals surface area contributed by atoms with Gasteiger partial charge in [0, 0.05) is 33.2 Å². The van der Waals surface area contributed by atoms with Crippen molar-refractivity contribution in [2.45, 2.75) is 0 Å². The number of hydrogen-bond donors (Lipinski definition) is 0. The zero-order chi connectivity index (χ0) is 11.8. The predicted octanol–water partition coefficient (Wildman–Crippen LogP) is 2.78. The fourth-order valence-electron chi connectivity index (χ4n) is 1.60. The first-order chi connectivity index (χ1) is 8.27. The molecule has 3 rings (SSSR count). The van der Waals surface area contributed by atoms with Crippen molar-refractivity contribution in [3.8, 4) is 0 Å². The maximum absolute atomic E-state index is 12.3. The summed E-state index contributed by atoms with van der Waals surface area (Å²) in [5, 5.41) is 7.83. The smallest absolute Gasteiger partial charge is 0.198 e. The topological polar surface area (TPSA) is 47.3 Å². The predicted molar refractivity (Wildman–Crippen MR) is 68.4 cm³/mol. The van der Waals surface area contributed by atoms with E-state index in [0.717, 1.165) is 9.99 Å². The molecule has 0 bridgehead atoms. The first kappa shape index (κ1) is 10.6. The highest BCUT2D eigenvalue weighted by molar-refractivity contribution is 9.10. The van der Waals surface area contributed by atoms with Crippen LogP contribution in [0.4, 0.5) is 0 Å². The van der Waals surface area contributed by atoms with Gasteiger partial charge in [0.2, 0.25) is 0 Å². The van der Waals surface area contributed by atoms with Crippen LogP contribution in [0.5, 0.6) is 0 Å². The third-order valence-corrected chi connectivity index (χ3v) is 4.13. The van der Waals surface area contributed by atoms with E-state index in [9.17, 15) is 4.79 Å². The molecule has 0 aliphatic carbocycles. The second-order valence-corrected chi connectivity index (χ2v) is 5.02. The van der Waals surface area contributed by atoms with Gasteiger partial charge in [-0.2, -0.15) is 16.4 Å². The maximum Gasteiger partial charge on any atom is 0.198 e. The minimum absolute atomic E-state index is 0.0406. The molecule has 3 aromatic rings. The lowest BCUT2D eigenvalue weighted by Gasteiger charge is -1.97. The summed E-state index contributed by atoms with van der Waals surface area (Å²) in [4.78, 5) is 16.3. The van der Waals surface area contributed by atoms with Crippen molar-refractivity contribution in [1.82, 2.24) is 14.6 Å². The van der Waals surface area contributed by atoms with E-state index in [4.69, 9.17) is 0 Å². The second kappa shape index (κ2) is 4.05. The minimum Gasteiger partial charge on any atom is -0.288 e. The summed E-state index contributed by atoms with van der Waals surface area (Å²) in [6.45, 7) is 0. The third-order valence-electron chi connectivity index (χ3n) is 2.43. The first-order valence-corrected chi connectivity index (χ1v) is 6.54. The van der Waals surface area contributed by atoms with E-state index in [0.29, 0.717) is 11.1 Å². The Balaban J connectivity index is 2.17. The number of halogens is 1. The van der Waals surface area contributed by atoms with Crippen molar-refractivity contribution >= 4 is 38.6 Å². The van der Waals surface area contributed by atoms with Gasteiger partial charge in [-0.1, -0.05) is 0 Å². The molecule has 3 heterocycles. The van der Waals surface area contributed by atoms with E-state index in [2.05, 4.69) is 26.0 Å². The zero-order valence-electron chi connectivity index (χ0n) is 8.50. The lowest BCUT2D eigenvalue weighted by molar-refractivity contribution is 0.104. The molecule has 0 unspecified atom stereocenters. The largest absolute Gasteiger partial charge is 0.288 e. The van der Waals surface area contributed by atoms with Gasteiger partial charge in [0.15, 0.2) is 5.78 Å². The van der Waals surface area contributed by atoms with Crippen molar-refractivity contribution in [3.05, 3.63) is 51.1 Å². The number of nitrogens with zero attached hydrogens (tertiary/aromatic N) is 3. The molecule has 0 amide bonds. The summed E-state index contributed by atoms with van der Waals surface area (Å²) in [6, 6.07) is 0. The Bertz CT molecular complexity index is 703. The summed E-state index contributed by atoms with van der Waals surface area (Å²) >= 11 is 4.85. The van der Waals surface area contributed by atoms with Crippen molar-refractivity contribution in [3.63, 3.8) is 0 Å². The molecule has 0 fully saturated rings. The summed E-state index contributed by atoms with van der Waals surface area (Å²) < 4.78 is 2.45. The van der Waals surface area contributed by atoms with Gasteiger partial charge in [-0.3, -0.25) is 9.78 Å². The standard InChI is InChI=1S/C11H6BrN3OS/c12-9-6-17-5-8(9)11(16)7-3-14-15-2-1-13-4-10(7)15/h1-6H. The van der Waals surface area contributed by atoms with Crippen molar-refractivity contribution in [2.24, 2.45) is 0 Å². The van der Waals surface area contributed by atoms with Gasteiger partial charge in [-0.15, -0.1) is 0 Å². The first-order valence-electron chi connectivity index (χ1n) is 4.81. The Morgan fingerprint density at radius 1 is 1.29 bits per heavy atom. The Hall–Kier alpha value is -1.53. The molecule has 0 N–H and O–H groups in total. The molecule has 3 aromatic heterocycles. The van der Waals surface area contributed by atoms with E-state index in [1.807, 2.05) is 10.8 Å². The number of fused-ring (bicyclic) bond motifs is 1. The van der Waals surface area contributed by atoms with Crippen LogP contribution in [0, 0.1) is 0 Å². The molecule has 0 aromatic carbocycles. The van der Waals surface area contributed by atoms with Crippen LogP contribution in [0.15, 0.2) is 40.0 Å². The fourth-order valence-corrected chi connectivity index (χ4v) is 3.05. The van der Waals surface area contributed by atoms with Gasteiger partial charge < -0.3 is 0 Å². The summed E-state index contributed by atoms with van der Waals surface area (Å²) in [5.74, 6) is -0.0406. The molecule has 6 heteroatoms. The van der Waals surface area contributed by atoms with E-state index >= 15 is 0 Å². The Morgan fingerprint density at radius 2 is 2.18 bits per heavy atom. The lowest BCUT2D eigenvalue weighted by atomic mass is 10.1. The molecular formula is C11H6BrN3OS. The highest BCUT2D eigenvalue weighted by atomic mass is 79.9. The van der Waals surface area contributed by atoms with E-state index in [1.54, 1.807) is 29.3 Å². The molecule has 0 atom stereocenters. The molecule has 0 spiro atoms. The number of aromatic nitrogens is 3. The van der Waals surface area contributed by atoms with Crippen LogP contribution in [-0.4, -0.2) is 20.4 Å². The highest BCUT2D eigenvalue weighted by Crippen LogP contribution is 2.25. The number of hydrogen-bond acceptors (Lipinski definition) is 4. The van der Waals surface area contributed by atoms with Crippen LogP contribution in [-0.2, 0) is 0 Å². The highest BCUT2D eigenvalue weighted by Gasteiger charge is 2.17. The Morgan fingerprint density at radius 3 is 2.94 bits per heavy atom. The molecule has 0 saturated carbocycles. The fraction of sp³-hybridized carbons (Fsp3) is 0. The molecular weight excluding hydrogens is 302 g/mol. The molecule has 17 heavy (non-hydrogen) atoms. The Kier molecular flexibility index (Phi) is 2.53. The SMILES string of the molecule is O=C(c1cscc1Br)c1cnn2ccncc12. The molecule has 4 nitrogen and oxygen atoms in total. The Labute approximate surface area is 109 Å². The summed E-state index contributed by atoms with van der Waals surface area (Å²) in [7, 11) is 0. The van der Waals surface area contributed by atoms with Crippen LogP contribution in [0.3, 0.4) is 0 Å². The normalized spacial score (nSPS) is 10.9. The van der Waals surface area contributed by atoms with Gasteiger partial charge in [0.1, 0.15) is 0 Å². The number of carbonyl (C=O) groups excluding carboxylic acids is 1. The molecule has 0 aliphatic rings. The van der Waals surface area contributed by atoms with Crippen LogP contribution in [0.25, 0.3) is 5.52 Å². The van der Waals surface area contributed by atoms with E-state index in [-0.39, 0.29) is 5.78 Å². The maximum atomic E-state index is 12.3. The van der Waals surface area contributed by atoms with Gasteiger partial charge >= 0.3 is 0 Å². The summed E-state index contributed by atoms with van der Waals surface area (Å²) in [6.07, 6.45) is 6.56. The minimum atomic E-state index is -0.0406. The summed E-state index contributed by atoms with van der Waals surface area (Å²) in [5.41, 5.74) is 1.95. The number of rotatable bonds is 2. The van der Waals surface area contributed by atoms with Crippen LogP contribution < -0.4 is 0 Å². The lowest BCUT2D eigenvalue weighted by Crippen LogP contribution is -2.00. The monoisotopic (exact) mass is 307 g/mol. The van der Waals surface area contributed by atoms with Crippen molar-refractivity contribution in [2.75, 3.05) is 0 Å². The molecule has 0 aliphatic heterocycles. The van der Waals surface area contributed by atoms with Crippen molar-refractivity contribution in [1.29, 1.82) is 0 Å². The number of carbonyl (C=O) groups is 1. The molecule has 0 saturated heterocycles. The van der Waals surface area contributed by atoms with Gasteiger partial charge in [0.25, 0.3) is 0 Å². The molecule has 0 radical (unpaired) electrons. The quantitative estimate of drug-likeness (QED) is 0.684. The average Bonchev–Trinajstić information content (AvgIpc) is 2.94. The number of ketones is 1. The third kappa shape index (κ3) is 1.69. The number of thiophene rings is 1. The van der Waals surface area contributed by atoms with Crippen molar-refractivity contribution < 1.29 is 4.79 Å². The van der Waals surface area contributed by atoms with Gasteiger partial charge in [0.05, 0.1) is 23.5 Å². The van der Waals surface area contributed by atoms with Crippen LogP contribution >= 0.6 is 27.3 Å². The average molecular weight is 308 g/mol. The second-order valence-electron chi connectivity index (χ2n) is 3.43.